The van der Waals surface area contributed by atoms with Gasteiger partial charge < -0.3 is 9.84 Å². The number of aromatic nitrogens is 1. The van der Waals surface area contributed by atoms with Gasteiger partial charge in [0.25, 0.3) is 0 Å². The van der Waals surface area contributed by atoms with E-state index in [-0.39, 0.29) is 23.1 Å². The molecule has 30 heavy (non-hydrogen) atoms. The van der Waals surface area contributed by atoms with E-state index in [0.717, 1.165) is 30.3 Å². The molecule has 1 fully saturated rings. The maximum atomic E-state index is 13.4. The van der Waals surface area contributed by atoms with Crippen molar-refractivity contribution >= 4 is 34.4 Å². The Morgan fingerprint density at radius 3 is 2.47 bits per heavy atom. The van der Waals surface area contributed by atoms with Crippen LogP contribution in [0.1, 0.15) is 83.0 Å². The molecule has 0 aliphatic heterocycles. The molecule has 0 amide bonds. The lowest BCUT2D eigenvalue weighted by atomic mass is 9.77. The first-order chi connectivity index (χ1) is 14.1. The lowest BCUT2D eigenvalue weighted by molar-refractivity contribution is 0.0533. The van der Waals surface area contributed by atoms with E-state index >= 15 is 0 Å². The molecule has 164 valence electrons. The van der Waals surface area contributed by atoms with Crippen molar-refractivity contribution in [1.29, 1.82) is 0 Å². The van der Waals surface area contributed by atoms with Gasteiger partial charge in [-0.05, 0) is 64.5 Å². The molecule has 0 unspecified atom stereocenters. The Morgan fingerprint density at radius 2 is 1.87 bits per heavy atom. The Bertz CT molecular complexity index is 933. The quantitative estimate of drug-likeness (QED) is 0.517. The van der Waals surface area contributed by atoms with Gasteiger partial charge in [-0.1, -0.05) is 43.9 Å². The first kappa shape index (κ1) is 22.7. The summed E-state index contributed by atoms with van der Waals surface area (Å²) in [6, 6.07) is 4.94. The number of rotatable bonds is 5. The third-order valence-corrected chi connectivity index (χ3v) is 6.15. The van der Waals surface area contributed by atoms with E-state index in [9.17, 15) is 14.7 Å². The summed E-state index contributed by atoms with van der Waals surface area (Å²) in [5.41, 5.74) is -0.154. The second kappa shape index (κ2) is 9.01. The largest absolute Gasteiger partial charge is 0.494 e. The molecule has 0 spiro atoms. The second-order valence-electron chi connectivity index (χ2n) is 9.40. The van der Waals surface area contributed by atoms with Crippen LogP contribution >= 0.6 is 11.6 Å². The van der Waals surface area contributed by atoms with E-state index in [1.165, 1.54) is 19.3 Å². The summed E-state index contributed by atoms with van der Waals surface area (Å²) in [6.45, 7) is 7.46. The Morgan fingerprint density at radius 1 is 1.20 bits per heavy atom. The number of aromatic hydroxyl groups is 1. The number of Topliss-reactive ketones (excluding diaryl/α,β-unsaturated/α-hetero) is 1. The average Bonchev–Trinajstić information content (AvgIpc) is 2.96. The van der Waals surface area contributed by atoms with Gasteiger partial charge in [0.1, 0.15) is 5.60 Å². The number of benzene rings is 1. The molecule has 6 heteroatoms. The molecule has 1 aromatic carbocycles. The van der Waals surface area contributed by atoms with Crippen LogP contribution in [0.25, 0.3) is 10.9 Å². The molecule has 2 aromatic rings. The Balaban J connectivity index is 1.94. The molecule has 0 atom stereocenters. The van der Waals surface area contributed by atoms with E-state index in [0.29, 0.717) is 21.8 Å². The van der Waals surface area contributed by atoms with Crippen molar-refractivity contribution < 1.29 is 19.4 Å². The van der Waals surface area contributed by atoms with Crippen LogP contribution in [0.3, 0.4) is 0 Å². The van der Waals surface area contributed by atoms with Crippen LogP contribution in [0.4, 0.5) is 4.79 Å². The number of unbranched alkanes of at least 4 members (excludes halogenated alkanes) is 1. The van der Waals surface area contributed by atoms with Gasteiger partial charge in [-0.15, -0.1) is 0 Å². The molecule has 1 N–H and O–H groups in total. The van der Waals surface area contributed by atoms with Crippen LogP contribution in [0.2, 0.25) is 5.02 Å². The fourth-order valence-electron chi connectivity index (χ4n) is 4.39. The van der Waals surface area contributed by atoms with Gasteiger partial charge in [0.15, 0.2) is 5.78 Å². The van der Waals surface area contributed by atoms with Crippen molar-refractivity contribution in [2.75, 3.05) is 0 Å². The van der Waals surface area contributed by atoms with Gasteiger partial charge in [0.05, 0.1) is 11.1 Å². The van der Waals surface area contributed by atoms with Gasteiger partial charge >= 0.3 is 6.09 Å². The fraction of sp³-hybridized carbons (Fsp3) is 0.583. The van der Waals surface area contributed by atoms with Crippen molar-refractivity contribution in [3.05, 3.63) is 28.8 Å². The number of nitrogens with zero attached hydrogens (tertiary/aromatic N) is 1. The molecule has 1 saturated carbocycles. The van der Waals surface area contributed by atoms with Crippen LogP contribution in [0, 0.1) is 11.8 Å². The topological polar surface area (TPSA) is 68.5 Å². The summed E-state index contributed by atoms with van der Waals surface area (Å²) < 4.78 is 6.51. The van der Waals surface area contributed by atoms with Gasteiger partial charge in [-0.2, -0.15) is 0 Å². The second-order valence-corrected chi connectivity index (χ2v) is 9.84. The molecule has 0 saturated heterocycles. The van der Waals surface area contributed by atoms with Gasteiger partial charge in [0.2, 0.25) is 5.88 Å². The lowest BCUT2D eigenvalue weighted by Crippen LogP contribution is -2.27. The van der Waals surface area contributed by atoms with Crippen molar-refractivity contribution in [1.82, 2.24) is 4.57 Å². The minimum absolute atomic E-state index is 0.101. The van der Waals surface area contributed by atoms with Crippen LogP contribution < -0.4 is 0 Å². The van der Waals surface area contributed by atoms with E-state index in [4.69, 9.17) is 16.3 Å². The molecular weight excluding hydrogens is 402 g/mol. The molecule has 5 nitrogen and oxygen atoms in total. The SMILES string of the molecule is CCCCC1CCC(C(=O)c2c(O)n(C(=O)OC(C)(C)C)c3cc(Cl)ccc23)CC1. The first-order valence-electron chi connectivity index (χ1n) is 10.9. The maximum Gasteiger partial charge on any atom is 0.421 e. The fourth-order valence-corrected chi connectivity index (χ4v) is 4.56. The van der Waals surface area contributed by atoms with E-state index in [2.05, 4.69) is 6.92 Å². The minimum atomic E-state index is -0.736. The van der Waals surface area contributed by atoms with Crippen LogP contribution in [-0.2, 0) is 4.74 Å². The van der Waals surface area contributed by atoms with Crippen molar-refractivity contribution in [2.45, 2.75) is 78.2 Å². The lowest BCUT2D eigenvalue weighted by Gasteiger charge is -2.27. The van der Waals surface area contributed by atoms with Crippen molar-refractivity contribution in [2.24, 2.45) is 11.8 Å². The van der Waals surface area contributed by atoms with E-state index in [1.807, 2.05) is 0 Å². The van der Waals surface area contributed by atoms with Crippen molar-refractivity contribution in [3.8, 4) is 5.88 Å². The summed E-state index contributed by atoms with van der Waals surface area (Å²) in [7, 11) is 0. The first-order valence-corrected chi connectivity index (χ1v) is 11.3. The third kappa shape index (κ3) is 4.83. The van der Waals surface area contributed by atoms with Crippen LogP contribution in [0.5, 0.6) is 5.88 Å². The van der Waals surface area contributed by atoms with Crippen molar-refractivity contribution in [3.63, 3.8) is 0 Å². The molecule has 3 rings (SSSR count). The monoisotopic (exact) mass is 433 g/mol. The molecule has 1 aliphatic carbocycles. The van der Waals surface area contributed by atoms with Crippen LogP contribution in [0.15, 0.2) is 18.2 Å². The molecule has 1 aliphatic rings. The smallest absolute Gasteiger partial charge is 0.421 e. The highest BCUT2D eigenvalue weighted by molar-refractivity contribution is 6.31. The summed E-state index contributed by atoms with van der Waals surface area (Å²) in [5.74, 6) is 0.0855. The molecular formula is C24H32ClNO4. The number of fused-ring (bicyclic) bond motifs is 1. The standard InChI is InChI=1S/C24H32ClNO4/c1-5-6-7-15-8-10-16(11-9-15)21(27)20-18-13-12-17(25)14-19(18)26(22(20)28)23(29)30-24(2,3)4/h12-16,28H,5-11H2,1-4H3. The number of halogens is 1. The predicted octanol–water partition coefficient (Wildman–Crippen LogP) is 6.96. The summed E-state index contributed by atoms with van der Waals surface area (Å²) in [6.07, 6.45) is 6.63. The Labute approximate surface area is 183 Å². The summed E-state index contributed by atoms with van der Waals surface area (Å²) >= 11 is 6.14. The number of hydrogen-bond donors (Lipinski definition) is 1. The minimum Gasteiger partial charge on any atom is -0.494 e. The molecule has 0 bridgehead atoms. The maximum absolute atomic E-state index is 13.4. The number of carbonyl (C=O) groups is 2. The van der Waals surface area contributed by atoms with Gasteiger partial charge in [0, 0.05) is 16.3 Å². The molecule has 0 radical (unpaired) electrons. The highest BCUT2D eigenvalue weighted by atomic mass is 35.5. The normalized spacial score (nSPS) is 19.8. The Hall–Kier alpha value is -2.01. The highest BCUT2D eigenvalue weighted by Gasteiger charge is 2.33. The number of ketones is 1. The zero-order chi connectivity index (χ0) is 22.1. The zero-order valence-electron chi connectivity index (χ0n) is 18.3. The number of ether oxygens (including phenoxy) is 1. The Kier molecular flexibility index (Phi) is 6.81. The zero-order valence-corrected chi connectivity index (χ0v) is 19.1. The van der Waals surface area contributed by atoms with Gasteiger partial charge in [-0.3, -0.25) is 4.79 Å². The molecule has 1 heterocycles. The van der Waals surface area contributed by atoms with E-state index < -0.39 is 11.7 Å². The summed E-state index contributed by atoms with van der Waals surface area (Å²) in [4.78, 5) is 26.2. The van der Waals surface area contributed by atoms with E-state index in [1.54, 1.807) is 39.0 Å². The van der Waals surface area contributed by atoms with Crippen LogP contribution in [-0.4, -0.2) is 27.2 Å². The summed E-state index contributed by atoms with van der Waals surface area (Å²) in [5, 5.41) is 11.9. The predicted molar refractivity (Wildman–Crippen MR) is 120 cm³/mol. The highest BCUT2D eigenvalue weighted by Crippen LogP contribution is 2.39. The van der Waals surface area contributed by atoms with Gasteiger partial charge in [-0.25, -0.2) is 9.36 Å². The third-order valence-electron chi connectivity index (χ3n) is 5.91. The average molecular weight is 434 g/mol. The number of carbonyl (C=O) groups excluding carboxylic acids is 2. The number of hydrogen-bond acceptors (Lipinski definition) is 4. The molecule has 1 aromatic heterocycles.